The van der Waals surface area contributed by atoms with Crippen molar-refractivity contribution in [2.45, 2.75) is 64.5 Å². The van der Waals surface area contributed by atoms with Gasteiger partial charge in [-0.25, -0.2) is 0 Å². The van der Waals surface area contributed by atoms with Crippen LogP contribution in [0.3, 0.4) is 0 Å². The fraction of sp³-hybridized carbons (Fsp3) is 0.600. The Balaban J connectivity index is 1.67. The average molecular weight is 343 g/mol. The van der Waals surface area contributed by atoms with Crippen molar-refractivity contribution in [3.63, 3.8) is 0 Å². The second kappa shape index (κ2) is 7.46. The first-order valence-electron chi connectivity index (χ1n) is 9.51. The number of rotatable bonds is 5. The van der Waals surface area contributed by atoms with E-state index in [0.717, 1.165) is 37.8 Å². The second-order valence-corrected chi connectivity index (χ2v) is 7.33. The number of benzene rings is 1. The van der Waals surface area contributed by atoms with Gasteiger partial charge in [-0.3, -0.25) is 9.59 Å². The average Bonchev–Trinajstić information content (AvgIpc) is 2.98. The lowest BCUT2D eigenvalue weighted by molar-refractivity contribution is -0.130. The minimum atomic E-state index is -0.229. The number of anilines is 1. The van der Waals surface area contributed by atoms with E-state index in [1.165, 1.54) is 11.1 Å². The van der Waals surface area contributed by atoms with E-state index in [9.17, 15) is 9.59 Å². The van der Waals surface area contributed by atoms with Crippen molar-refractivity contribution in [2.24, 2.45) is 5.92 Å². The number of hydrogen-bond donors (Lipinski definition) is 2. The van der Waals surface area contributed by atoms with Crippen LogP contribution in [0.5, 0.6) is 0 Å². The molecule has 1 fully saturated rings. The summed E-state index contributed by atoms with van der Waals surface area (Å²) in [6.45, 7) is 4.75. The summed E-state index contributed by atoms with van der Waals surface area (Å²) in [5.74, 6) is -0.102. The number of aryl methyl sites for hydroxylation is 1. The van der Waals surface area contributed by atoms with Gasteiger partial charge in [0.05, 0.1) is 12.0 Å². The SMILES string of the molecule is CCC(CC)N1CC(C(=O)NC2CCCc3cc(N)ccc32)CC1=O. The number of hydrogen-bond acceptors (Lipinski definition) is 3. The minimum absolute atomic E-state index is 0.0106. The van der Waals surface area contributed by atoms with E-state index in [-0.39, 0.29) is 29.8 Å². The minimum Gasteiger partial charge on any atom is -0.399 e. The first-order chi connectivity index (χ1) is 12.0. The highest BCUT2D eigenvalue weighted by molar-refractivity contribution is 5.89. The number of likely N-dealkylation sites (tertiary alicyclic amines) is 1. The third kappa shape index (κ3) is 3.65. The summed E-state index contributed by atoms with van der Waals surface area (Å²) in [5, 5.41) is 3.19. The van der Waals surface area contributed by atoms with Gasteiger partial charge in [0.15, 0.2) is 0 Å². The van der Waals surface area contributed by atoms with Crippen LogP contribution in [0.15, 0.2) is 18.2 Å². The van der Waals surface area contributed by atoms with Crippen LogP contribution >= 0.6 is 0 Å². The summed E-state index contributed by atoms with van der Waals surface area (Å²) in [6, 6.07) is 6.24. The predicted octanol–water partition coefficient (Wildman–Crippen LogP) is 2.80. The van der Waals surface area contributed by atoms with Crippen LogP contribution in [0.1, 0.15) is 63.1 Å². The summed E-state index contributed by atoms with van der Waals surface area (Å²) in [5.41, 5.74) is 9.06. The first kappa shape index (κ1) is 17.8. The van der Waals surface area contributed by atoms with Crippen LogP contribution < -0.4 is 11.1 Å². The Morgan fingerprint density at radius 1 is 1.36 bits per heavy atom. The summed E-state index contributed by atoms with van der Waals surface area (Å²) >= 11 is 0. The van der Waals surface area contributed by atoms with Crippen LogP contribution in [0, 0.1) is 5.92 Å². The summed E-state index contributed by atoms with van der Waals surface area (Å²) in [4.78, 5) is 27.0. The quantitative estimate of drug-likeness (QED) is 0.807. The number of nitrogens with one attached hydrogen (secondary N) is 1. The second-order valence-electron chi connectivity index (χ2n) is 7.33. The Kier molecular flexibility index (Phi) is 5.30. The molecule has 2 aliphatic rings. The number of amides is 2. The lowest BCUT2D eigenvalue weighted by atomic mass is 9.87. The van der Waals surface area contributed by atoms with Crippen LogP contribution in [0.25, 0.3) is 0 Å². The Morgan fingerprint density at radius 2 is 2.12 bits per heavy atom. The van der Waals surface area contributed by atoms with E-state index in [1.54, 1.807) is 0 Å². The zero-order valence-electron chi connectivity index (χ0n) is 15.3. The normalized spacial score (nSPS) is 23.0. The molecule has 1 aromatic carbocycles. The van der Waals surface area contributed by atoms with E-state index in [1.807, 2.05) is 23.1 Å². The zero-order chi connectivity index (χ0) is 18.0. The lowest BCUT2D eigenvalue weighted by Gasteiger charge is -2.28. The third-order valence-electron chi connectivity index (χ3n) is 5.71. The van der Waals surface area contributed by atoms with Crippen molar-refractivity contribution in [2.75, 3.05) is 12.3 Å². The van der Waals surface area contributed by atoms with Gasteiger partial charge in [0.2, 0.25) is 11.8 Å². The smallest absolute Gasteiger partial charge is 0.225 e. The van der Waals surface area contributed by atoms with Gasteiger partial charge < -0.3 is 16.0 Å². The molecule has 0 radical (unpaired) electrons. The van der Waals surface area contributed by atoms with Crippen LogP contribution in [0.2, 0.25) is 0 Å². The van der Waals surface area contributed by atoms with E-state index in [2.05, 4.69) is 19.2 Å². The van der Waals surface area contributed by atoms with Crippen molar-refractivity contribution in [3.05, 3.63) is 29.3 Å². The molecule has 1 aromatic rings. The topological polar surface area (TPSA) is 75.4 Å². The zero-order valence-corrected chi connectivity index (χ0v) is 15.3. The standard InChI is InChI=1S/C20H29N3O2/c1-3-16(4-2)23-12-14(11-19(23)24)20(25)22-18-7-5-6-13-10-15(21)8-9-17(13)18/h8-10,14,16,18H,3-7,11-12,21H2,1-2H3,(H,22,25). The molecule has 5 heteroatoms. The maximum Gasteiger partial charge on any atom is 0.225 e. The van der Waals surface area contributed by atoms with Crippen LogP contribution in [-0.4, -0.2) is 29.3 Å². The van der Waals surface area contributed by atoms with Crippen LogP contribution in [-0.2, 0) is 16.0 Å². The van der Waals surface area contributed by atoms with Crippen molar-refractivity contribution in [3.8, 4) is 0 Å². The van der Waals surface area contributed by atoms with Gasteiger partial charge in [0.1, 0.15) is 0 Å². The van der Waals surface area contributed by atoms with Gasteiger partial charge in [0.25, 0.3) is 0 Å². The summed E-state index contributed by atoms with van der Waals surface area (Å²) < 4.78 is 0. The van der Waals surface area contributed by atoms with Gasteiger partial charge in [-0.2, -0.15) is 0 Å². The maximum atomic E-state index is 12.8. The van der Waals surface area contributed by atoms with E-state index < -0.39 is 0 Å². The molecule has 2 unspecified atom stereocenters. The molecule has 2 atom stereocenters. The Morgan fingerprint density at radius 3 is 2.84 bits per heavy atom. The monoisotopic (exact) mass is 343 g/mol. The predicted molar refractivity (Wildman–Crippen MR) is 98.9 cm³/mol. The highest BCUT2D eigenvalue weighted by Gasteiger charge is 2.37. The fourth-order valence-corrected chi connectivity index (χ4v) is 4.26. The molecule has 136 valence electrons. The number of nitrogens with two attached hydrogens (primary N) is 1. The molecule has 2 amide bonds. The molecule has 1 aliphatic carbocycles. The number of fused-ring (bicyclic) bond motifs is 1. The summed E-state index contributed by atoms with van der Waals surface area (Å²) in [7, 11) is 0. The lowest BCUT2D eigenvalue weighted by Crippen LogP contribution is -2.39. The maximum absolute atomic E-state index is 12.8. The third-order valence-corrected chi connectivity index (χ3v) is 5.71. The van der Waals surface area contributed by atoms with Crippen molar-refractivity contribution >= 4 is 17.5 Å². The van der Waals surface area contributed by atoms with Gasteiger partial charge in [0, 0.05) is 24.7 Å². The highest BCUT2D eigenvalue weighted by Crippen LogP contribution is 2.32. The van der Waals surface area contributed by atoms with E-state index in [0.29, 0.717) is 13.0 Å². The highest BCUT2D eigenvalue weighted by atomic mass is 16.2. The molecule has 3 N–H and O–H groups in total. The number of nitrogen functional groups attached to an aromatic ring is 1. The number of carbonyl (C=O) groups is 2. The van der Waals surface area contributed by atoms with Crippen molar-refractivity contribution in [1.29, 1.82) is 0 Å². The molecule has 0 aromatic heterocycles. The van der Waals surface area contributed by atoms with E-state index in [4.69, 9.17) is 5.73 Å². The summed E-state index contributed by atoms with van der Waals surface area (Å²) in [6.07, 6.45) is 5.22. The molecule has 5 nitrogen and oxygen atoms in total. The van der Waals surface area contributed by atoms with Crippen molar-refractivity contribution < 1.29 is 9.59 Å². The molecule has 0 saturated carbocycles. The molecule has 0 bridgehead atoms. The van der Waals surface area contributed by atoms with Gasteiger partial charge in [-0.1, -0.05) is 19.9 Å². The van der Waals surface area contributed by atoms with Crippen LogP contribution in [0.4, 0.5) is 5.69 Å². The largest absolute Gasteiger partial charge is 0.399 e. The van der Waals surface area contributed by atoms with Crippen molar-refractivity contribution in [1.82, 2.24) is 10.2 Å². The van der Waals surface area contributed by atoms with E-state index >= 15 is 0 Å². The first-order valence-corrected chi connectivity index (χ1v) is 9.51. The molecule has 1 heterocycles. The molecule has 3 rings (SSSR count). The molecule has 0 spiro atoms. The van der Waals surface area contributed by atoms with Gasteiger partial charge >= 0.3 is 0 Å². The molecule has 1 saturated heterocycles. The number of nitrogens with zero attached hydrogens (tertiary/aromatic N) is 1. The molecular weight excluding hydrogens is 314 g/mol. The Bertz CT molecular complexity index is 654. The molecular formula is C20H29N3O2. The Hall–Kier alpha value is -2.04. The molecule has 25 heavy (non-hydrogen) atoms. The number of carbonyl (C=O) groups excluding carboxylic acids is 2. The Labute approximate surface area is 150 Å². The van der Waals surface area contributed by atoms with Gasteiger partial charge in [-0.15, -0.1) is 0 Å². The van der Waals surface area contributed by atoms with Gasteiger partial charge in [-0.05, 0) is 55.4 Å². The molecule has 1 aliphatic heterocycles. The fourth-order valence-electron chi connectivity index (χ4n) is 4.26.